The third-order valence-corrected chi connectivity index (χ3v) is 5.42. The fraction of sp³-hybridized carbons (Fsp3) is 0.526. The number of carbonyl (C=O) groups excluding carboxylic acids is 2. The van der Waals surface area contributed by atoms with E-state index in [1.165, 1.54) is 7.11 Å². The maximum atomic E-state index is 12.4. The second-order valence-electron chi connectivity index (χ2n) is 6.68. The molecule has 0 bridgehead atoms. The summed E-state index contributed by atoms with van der Waals surface area (Å²) in [5.74, 6) is 0.335. The van der Waals surface area contributed by atoms with E-state index in [1.54, 1.807) is 0 Å². The van der Waals surface area contributed by atoms with Crippen molar-refractivity contribution in [3.05, 3.63) is 29.8 Å². The van der Waals surface area contributed by atoms with Crippen LogP contribution in [0.1, 0.15) is 31.2 Å². The maximum absolute atomic E-state index is 12.4. The third-order valence-electron chi connectivity index (χ3n) is 5.42. The van der Waals surface area contributed by atoms with E-state index in [-0.39, 0.29) is 24.5 Å². The standard InChI is InChI=1S/C19H23N3O4/c1-25-17(23)14-6-8-19(9-7-14,22-12-11-21-18(22)24)15-2-4-16(5-3-15)26-13-10-20/h2-5,14H,6-9,11-13H2,1H3,(H,21,24). The summed E-state index contributed by atoms with van der Waals surface area (Å²) in [7, 11) is 1.41. The monoisotopic (exact) mass is 357 g/mol. The van der Waals surface area contributed by atoms with Gasteiger partial charge in [0, 0.05) is 13.1 Å². The van der Waals surface area contributed by atoms with Crippen molar-refractivity contribution in [2.24, 2.45) is 5.92 Å². The number of urea groups is 1. The van der Waals surface area contributed by atoms with Gasteiger partial charge in [-0.15, -0.1) is 0 Å². The van der Waals surface area contributed by atoms with Gasteiger partial charge in [-0.25, -0.2) is 4.79 Å². The second kappa shape index (κ2) is 7.65. The molecule has 1 N–H and O–H groups in total. The number of carbonyl (C=O) groups is 2. The minimum atomic E-state index is -0.432. The van der Waals surface area contributed by atoms with E-state index in [0.717, 1.165) is 5.56 Å². The summed E-state index contributed by atoms with van der Waals surface area (Å²) in [4.78, 5) is 26.2. The maximum Gasteiger partial charge on any atom is 0.318 e. The lowest BCUT2D eigenvalue weighted by atomic mass is 9.71. The minimum absolute atomic E-state index is 0.000169. The highest BCUT2D eigenvalue weighted by Crippen LogP contribution is 2.45. The Morgan fingerprint density at radius 3 is 2.58 bits per heavy atom. The molecule has 0 atom stereocenters. The van der Waals surface area contributed by atoms with E-state index in [9.17, 15) is 9.59 Å². The van der Waals surface area contributed by atoms with Gasteiger partial charge in [0.2, 0.25) is 0 Å². The van der Waals surface area contributed by atoms with Crippen molar-refractivity contribution in [3.63, 3.8) is 0 Å². The lowest BCUT2D eigenvalue weighted by Gasteiger charge is -2.46. The highest BCUT2D eigenvalue weighted by atomic mass is 16.5. The molecule has 0 aromatic heterocycles. The van der Waals surface area contributed by atoms with E-state index in [0.29, 0.717) is 44.5 Å². The Morgan fingerprint density at radius 2 is 2.04 bits per heavy atom. The summed E-state index contributed by atoms with van der Waals surface area (Å²) >= 11 is 0. The van der Waals surface area contributed by atoms with E-state index in [4.69, 9.17) is 14.7 Å². The van der Waals surface area contributed by atoms with Gasteiger partial charge in [-0.3, -0.25) is 4.79 Å². The molecule has 1 aromatic rings. The zero-order valence-corrected chi connectivity index (χ0v) is 14.9. The normalized spacial score (nSPS) is 25.3. The molecule has 26 heavy (non-hydrogen) atoms. The number of ether oxygens (including phenoxy) is 2. The van der Waals surface area contributed by atoms with Crippen molar-refractivity contribution in [2.45, 2.75) is 31.2 Å². The average molecular weight is 357 g/mol. The number of benzene rings is 1. The van der Waals surface area contributed by atoms with Crippen LogP contribution in [0.5, 0.6) is 5.75 Å². The molecular formula is C19H23N3O4. The topological polar surface area (TPSA) is 91.7 Å². The molecule has 1 aliphatic heterocycles. The smallest absolute Gasteiger partial charge is 0.318 e. The van der Waals surface area contributed by atoms with E-state index in [2.05, 4.69) is 5.32 Å². The molecule has 0 unspecified atom stereocenters. The van der Waals surface area contributed by atoms with Gasteiger partial charge < -0.3 is 19.7 Å². The Hall–Kier alpha value is -2.75. The Bertz CT molecular complexity index is 702. The molecule has 0 spiro atoms. The quantitative estimate of drug-likeness (QED) is 0.816. The first-order valence-corrected chi connectivity index (χ1v) is 8.84. The zero-order valence-electron chi connectivity index (χ0n) is 14.9. The molecule has 2 fully saturated rings. The Kier molecular flexibility index (Phi) is 5.31. The summed E-state index contributed by atoms with van der Waals surface area (Å²) in [6.45, 7) is 1.28. The van der Waals surface area contributed by atoms with E-state index < -0.39 is 5.54 Å². The second-order valence-corrected chi connectivity index (χ2v) is 6.68. The van der Waals surface area contributed by atoms with Crippen LogP contribution in [-0.4, -0.2) is 43.7 Å². The van der Waals surface area contributed by atoms with Gasteiger partial charge in [0.15, 0.2) is 6.61 Å². The average Bonchev–Trinajstić information content (AvgIpc) is 3.12. The van der Waals surface area contributed by atoms with Gasteiger partial charge >= 0.3 is 12.0 Å². The van der Waals surface area contributed by atoms with Gasteiger partial charge in [-0.2, -0.15) is 5.26 Å². The molecule has 0 radical (unpaired) electrons. The van der Waals surface area contributed by atoms with Gasteiger partial charge in [-0.05, 0) is 43.4 Å². The number of methoxy groups -OCH3 is 1. The number of nitrogens with one attached hydrogen (secondary N) is 1. The van der Waals surface area contributed by atoms with Crippen LogP contribution in [-0.2, 0) is 15.1 Å². The Labute approximate surface area is 152 Å². The lowest BCUT2D eigenvalue weighted by molar-refractivity contribution is -0.147. The molecule has 7 heteroatoms. The summed E-state index contributed by atoms with van der Waals surface area (Å²) in [6, 6.07) is 9.45. The highest BCUT2D eigenvalue weighted by Gasteiger charge is 2.46. The third kappa shape index (κ3) is 3.32. The number of esters is 1. The first-order chi connectivity index (χ1) is 12.6. The van der Waals surface area contributed by atoms with Crippen LogP contribution >= 0.6 is 0 Å². The van der Waals surface area contributed by atoms with Crippen LogP contribution in [0.3, 0.4) is 0 Å². The largest absolute Gasteiger partial charge is 0.479 e. The number of hydrogen-bond acceptors (Lipinski definition) is 5. The van der Waals surface area contributed by atoms with Crippen LogP contribution in [0.15, 0.2) is 24.3 Å². The lowest BCUT2D eigenvalue weighted by Crippen LogP contribution is -2.50. The zero-order chi connectivity index (χ0) is 18.6. The highest BCUT2D eigenvalue weighted by molar-refractivity contribution is 5.78. The predicted octanol–water partition coefficient (Wildman–Crippen LogP) is 2.17. The molecule has 3 rings (SSSR count). The molecule has 1 aromatic carbocycles. The molecule has 1 saturated heterocycles. The number of amides is 2. The fourth-order valence-corrected chi connectivity index (χ4v) is 4.07. The Balaban J connectivity index is 1.86. The fourth-order valence-electron chi connectivity index (χ4n) is 4.07. The number of nitriles is 1. The molecule has 2 aliphatic rings. The van der Waals surface area contributed by atoms with Crippen LogP contribution in [0.4, 0.5) is 4.79 Å². The molecule has 7 nitrogen and oxygen atoms in total. The van der Waals surface area contributed by atoms with Gasteiger partial charge in [0.25, 0.3) is 0 Å². The molecule has 1 heterocycles. The number of rotatable bonds is 5. The summed E-state index contributed by atoms with van der Waals surface area (Å²) in [6.07, 6.45) is 2.78. The summed E-state index contributed by atoms with van der Waals surface area (Å²) < 4.78 is 10.2. The molecular weight excluding hydrogens is 334 g/mol. The molecule has 138 valence electrons. The summed E-state index contributed by atoms with van der Waals surface area (Å²) in [5.41, 5.74) is 0.598. The number of nitrogens with zero attached hydrogens (tertiary/aromatic N) is 2. The van der Waals surface area contributed by atoms with Crippen molar-refractivity contribution < 1.29 is 19.1 Å². The van der Waals surface area contributed by atoms with E-state index >= 15 is 0 Å². The van der Waals surface area contributed by atoms with Crippen molar-refractivity contribution in [3.8, 4) is 11.8 Å². The minimum Gasteiger partial charge on any atom is -0.479 e. The van der Waals surface area contributed by atoms with Crippen molar-refractivity contribution in [2.75, 3.05) is 26.8 Å². The molecule has 1 saturated carbocycles. The van der Waals surface area contributed by atoms with Crippen molar-refractivity contribution in [1.29, 1.82) is 5.26 Å². The molecule has 1 aliphatic carbocycles. The van der Waals surface area contributed by atoms with Crippen molar-refractivity contribution >= 4 is 12.0 Å². The first kappa shape index (κ1) is 18.1. The van der Waals surface area contributed by atoms with Crippen molar-refractivity contribution in [1.82, 2.24) is 10.2 Å². The first-order valence-electron chi connectivity index (χ1n) is 8.84. The van der Waals surface area contributed by atoms with Crippen LogP contribution < -0.4 is 10.1 Å². The van der Waals surface area contributed by atoms with Gasteiger partial charge in [0.05, 0.1) is 18.6 Å². The SMILES string of the molecule is COC(=O)C1CCC(c2ccc(OCC#N)cc2)(N2CCNC2=O)CC1. The van der Waals surface area contributed by atoms with Crippen LogP contribution in [0, 0.1) is 17.2 Å². The number of hydrogen-bond donors (Lipinski definition) is 1. The summed E-state index contributed by atoms with van der Waals surface area (Å²) in [5, 5.41) is 11.5. The predicted molar refractivity (Wildman–Crippen MR) is 93.3 cm³/mol. The van der Waals surface area contributed by atoms with Gasteiger partial charge in [0.1, 0.15) is 11.8 Å². The molecule has 2 amide bonds. The van der Waals surface area contributed by atoms with Crippen LogP contribution in [0.2, 0.25) is 0 Å². The van der Waals surface area contributed by atoms with E-state index in [1.807, 2.05) is 35.2 Å². The Morgan fingerprint density at radius 1 is 1.35 bits per heavy atom. The van der Waals surface area contributed by atoms with Gasteiger partial charge in [-0.1, -0.05) is 12.1 Å². The van der Waals surface area contributed by atoms with Crippen LogP contribution in [0.25, 0.3) is 0 Å².